The zero-order valence-corrected chi connectivity index (χ0v) is 11.7. The maximum Gasteiger partial charge on any atom is 0.345 e. The Morgan fingerprint density at radius 2 is 1.82 bits per heavy atom. The molecule has 120 valence electrons. The van der Waals surface area contributed by atoms with E-state index in [4.69, 9.17) is 4.18 Å². The van der Waals surface area contributed by atoms with Gasteiger partial charge >= 0.3 is 5.97 Å². The van der Waals surface area contributed by atoms with E-state index in [1.165, 1.54) is 6.92 Å². The van der Waals surface area contributed by atoms with E-state index in [1.54, 1.807) is 0 Å². The van der Waals surface area contributed by atoms with Crippen LogP contribution < -0.4 is 4.74 Å². The average Bonchev–Trinajstić information content (AvgIpc) is 2.99. The largest absolute Gasteiger partial charge is 0.421 e. The zero-order valence-electron chi connectivity index (χ0n) is 10.9. The molecule has 10 heteroatoms. The molecule has 1 fully saturated rings. The third-order valence-corrected chi connectivity index (χ3v) is 3.42. The second-order valence-electron chi connectivity index (χ2n) is 4.12. The van der Waals surface area contributed by atoms with Crippen LogP contribution in [0.3, 0.4) is 0 Å². The number of rotatable bonds is 4. The lowest BCUT2D eigenvalue weighted by Crippen LogP contribution is -2.36. The first-order valence-electron chi connectivity index (χ1n) is 5.92. The number of hydrogen-bond donors (Lipinski definition) is 0. The molecule has 1 aromatic rings. The van der Waals surface area contributed by atoms with Crippen LogP contribution in [0.15, 0.2) is 0 Å². The summed E-state index contributed by atoms with van der Waals surface area (Å²) in [5.41, 5.74) is -0.654. The average molecular weight is 340 g/mol. The molecule has 1 saturated heterocycles. The third-order valence-electron chi connectivity index (χ3n) is 2.83. The van der Waals surface area contributed by atoms with Gasteiger partial charge in [-0.05, 0) is 6.42 Å². The van der Waals surface area contributed by atoms with Gasteiger partial charge in [-0.15, -0.1) is 0 Å². The van der Waals surface area contributed by atoms with Crippen LogP contribution in [-0.2, 0) is 24.4 Å². The lowest BCUT2D eigenvalue weighted by atomic mass is 10.1. The molecule has 5 nitrogen and oxygen atoms in total. The van der Waals surface area contributed by atoms with Gasteiger partial charge in [-0.1, -0.05) is 6.92 Å². The summed E-state index contributed by atoms with van der Waals surface area (Å²) in [7, 11) is 0. The first kappa shape index (κ1) is 16.7. The number of carbonyl (C=O) groups is 2. The Hall–Kier alpha value is -1.65. The highest BCUT2D eigenvalue weighted by Crippen LogP contribution is 2.33. The van der Waals surface area contributed by atoms with Crippen molar-refractivity contribution in [1.82, 2.24) is 0 Å². The fraction of sp³-hybridized carbons (Fsp3) is 0.333. The second kappa shape index (κ2) is 6.63. The second-order valence-corrected chi connectivity index (χ2v) is 4.64. The summed E-state index contributed by atoms with van der Waals surface area (Å²) in [6.45, 7) is 1.33. The van der Waals surface area contributed by atoms with Gasteiger partial charge in [0.05, 0.1) is 0 Å². The van der Waals surface area contributed by atoms with Crippen molar-refractivity contribution in [3.8, 4) is 5.75 Å². The minimum Gasteiger partial charge on any atom is -0.421 e. The van der Waals surface area contributed by atoms with Crippen molar-refractivity contribution >= 4 is 24.6 Å². The summed E-state index contributed by atoms with van der Waals surface area (Å²) in [6.07, 6.45) is -2.88. The van der Waals surface area contributed by atoms with Crippen molar-refractivity contribution in [1.29, 1.82) is 0 Å². The number of benzene rings is 1. The van der Waals surface area contributed by atoms with E-state index in [0.717, 1.165) is 0 Å². The minimum atomic E-state index is -2.11. The van der Waals surface area contributed by atoms with Crippen molar-refractivity contribution in [2.24, 2.45) is 0 Å². The van der Waals surface area contributed by atoms with Crippen molar-refractivity contribution in [3.05, 3.63) is 28.8 Å². The van der Waals surface area contributed by atoms with Crippen LogP contribution in [-0.4, -0.2) is 24.5 Å². The molecule has 0 aromatic heterocycles. The number of carbonyl (C=O) groups excluding carboxylic acids is 2. The highest BCUT2D eigenvalue weighted by atomic mass is 32.2. The topological polar surface area (TPSA) is 61.8 Å². The van der Waals surface area contributed by atoms with Gasteiger partial charge in [0.2, 0.25) is 17.7 Å². The summed E-state index contributed by atoms with van der Waals surface area (Å²) in [4.78, 5) is 22.5. The summed E-state index contributed by atoms with van der Waals surface area (Å²) in [5.74, 6) is -10.0. The predicted octanol–water partition coefficient (Wildman–Crippen LogP) is 2.26. The van der Waals surface area contributed by atoms with Gasteiger partial charge in [-0.3, -0.25) is 8.37 Å². The van der Waals surface area contributed by atoms with Gasteiger partial charge in [-0.25, -0.2) is 18.0 Å². The lowest BCUT2D eigenvalue weighted by Gasteiger charge is -2.14. The number of aldehydes is 1. The molecular formula is C12H8F4O5S. The summed E-state index contributed by atoms with van der Waals surface area (Å²) < 4.78 is 67.6. The summed E-state index contributed by atoms with van der Waals surface area (Å²) in [5, 5.41) is 0. The number of halogens is 4. The molecule has 22 heavy (non-hydrogen) atoms. The molecule has 2 unspecified atom stereocenters. The Bertz CT molecular complexity index is 624. The quantitative estimate of drug-likeness (QED) is 0.159. The SMILES string of the molecule is CCc1c(F)c(F)c(F)c(F)c1OC(=O)C1OSOC1C=O. The molecule has 1 aliphatic heterocycles. The van der Waals surface area contributed by atoms with Crippen LogP contribution in [0.5, 0.6) is 5.75 Å². The fourth-order valence-corrected chi connectivity index (χ4v) is 2.28. The van der Waals surface area contributed by atoms with Crippen LogP contribution >= 0.6 is 12.3 Å². The monoisotopic (exact) mass is 340 g/mol. The van der Waals surface area contributed by atoms with Crippen molar-refractivity contribution in [3.63, 3.8) is 0 Å². The Morgan fingerprint density at radius 1 is 1.18 bits per heavy atom. The van der Waals surface area contributed by atoms with E-state index in [-0.39, 0.29) is 12.7 Å². The summed E-state index contributed by atoms with van der Waals surface area (Å²) >= 11 is 0.343. The first-order valence-corrected chi connectivity index (χ1v) is 6.59. The van der Waals surface area contributed by atoms with Crippen LogP contribution in [0, 0.1) is 23.3 Å². The molecule has 1 aliphatic rings. The van der Waals surface area contributed by atoms with Crippen LogP contribution in [0.25, 0.3) is 0 Å². The highest BCUT2D eigenvalue weighted by Gasteiger charge is 2.40. The van der Waals surface area contributed by atoms with E-state index < -0.39 is 52.8 Å². The van der Waals surface area contributed by atoms with E-state index in [1.807, 2.05) is 0 Å². The molecule has 2 rings (SSSR count). The molecular weight excluding hydrogens is 332 g/mol. The van der Waals surface area contributed by atoms with E-state index >= 15 is 0 Å². The molecule has 2 atom stereocenters. The predicted molar refractivity (Wildman–Crippen MR) is 64.7 cm³/mol. The zero-order chi connectivity index (χ0) is 16.4. The number of hydrogen-bond acceptors (Lipinski definition) is 6. The van der Waals surface area contributed by atoms with Crippen molar-refractivity contribution < 1.29 is 40.3 Å². The molecule has 1 aromatic carbocycles. The Labute approximate surface area is 125 Å². The van der Waals surface area contributed by atoms with E-state index in [0.29, 0.717) is 12.3 Å². The van der Waals surface area contributed by atoms with Crippen molar-refractivity contribution in [2.75, 3.05) is 0 Å². The van der Waals surface area contributed by atoms with Gasteiger partial charge in [0.15, 0.2) is 42.1 Å². The molecule has 0 bridgehead atoms. The van der Waals surface area contributed by atoms with Crippen molar-refractivity contribution in [2.45, 2.75) is 25.6 Å². The van der Waals surface area contributed by atoms with Crippen LogP contribution in [0.1, 0.15) is 12.5 Å². The standard InChI is InChI=1S/C12H8F4O5S/c1-2-4-6(13)7(14)8(15)9(16)10(4)19-12(18)11-5(3-17)20-22-21-11/h3,5,11H,2H2,1H3. The maximum atomic E-state index is 13.7. The molecule has 0 aliphatic carbocycles. The van der Waals surface area contributed by atoms with Gasteiger partial charge in [-0.2, -0.15) is 4.39 Å². The maximum absolute atomic E-state index is 13.7. The molecule has 0 saturated carbocycles. The normalized spacial score (nSPS) is 21.0. The smallest absolute Gasteiger partial charge is 0.345 e. The van der Waals surface area contributed by atoms with E-state index in [9.17, 15) is 27.2 Å². The Morgan fingerprint density at radius 3 is 2.41 bits per heavy atom. The van der Waals surface area contributed by atoms with Gasteiger partial charge in [0.25, 0.3) is 0 Å². The molecule has 0 amide bonds. The van der Waals surface area contributed by atoms with Gasteiger partial charge < -0.3 is 9.53 Å². The first-order chi connectivity index (χ1) is 10.4. The third kappa shape index (κ3) is 2.81. The molecule has 0 N–H and O–H groups in total. The fourth-order valence-electron chi connectivity index (χ4n) is 1.72. The molecule has 0 radical (unpaired) electrons. The molecule has 1 heterocycles. The minimum absolute atomic E-state index is 0.245. The number of esters is 1. The summed E-state index contributed by atoms with van der Waals surface area (Å²) in [6, 6.07) is 0. The Kier molecular flexibility index (Phi) is 5.04. The molecule has 0 spiro atoms. The lowest BCUT2D eigenvalue weighted by molar-refractivity contribution is -0.145. The highest BCUT2D eigenvalue weighted by molar-refractivity contribution is 7.90. The van der Waals surface area contributed by atoms with E-state index in [2.05, 4.69) is 8.92 Å². The number of ether oxygens (including phenoxy) is 1. The van der Waals surface area contributed by atoms with Gasteiger partial charge in [0.1, 0.15) is 0 Å². The van der Waals surface area contributed by atoms with Crippen LogP contribution in [0.4, 0.5) is 17.6 Å². The van der Waals surface area contributed by atoms with Crippen LogP contribution in [0.2, 0.25) is 0 Å². The van der Waals surface area contributed by atoms with Gasteiger partial charge in [0, 0.05) is 5.56 Å². The Balaban J connectivity index is 2.37.